The highest BCUT2D eigenvalue weighted by Gasteiger charge is 2.21. The molecule has 4 heteroatoms. The Labute approximate surface area is 73.4 Å². The third-order valence-electron chi connectivity index (χ3n) is 1.90. The molecule has 0 aromatic carbocycles. The molecule has 0 saturated carbocycles. The van der Waals surface area contributed by atoms with Gasteiger partial charge in [0.1, 0.15) is 6.04 Å². The van der Waals surface area contributed by atoms with Gasteiger partial charge in [0, 0.05) is 0 Å². The summed E-state index contributed by atoms with van der Waals surface area (Å²) in [6.45, 7) is 5.78. The van der Waals surface area contributed by atoms with Crippen molar-refractivity contribution in [1.29, 1.82) is 0 Å². The molecule has 0 aliphatic carbocycles. The third-order valence-corrected chi connectivity index (χ3v) is 1.90. The number of carboxylic acids is 1. The van der Waals surface area contributed by atoms with E-state index in [1.165, 1.54) is 0 Å². The lowest BCUT2D eigenvalue weighted by Gasteiger charge is -2.18. The first-order valence-electron chi connectivity index (χ1n) is 3.45. The van der Waals surface area contributed by atoms with Crippen LogP contribution in [-0.4, -0.2) is 17.1 Å². The van der Waals surface area contributed by atoms with E-state index in [0.29, 0.717) is 5.92 Å². The lowest BCUT2D eigenvalue weighted by Crippen LogP contribution is -2.38. The summed E-state index contributed by atoms with van der Waals surface area (Å²) in [6, 6.07) is -0.722. The molecule has 2 unspecified atom stereocenters. The first kappa shape index (κ1) is 13.3. The molecule has 0 aromatic heterocycles. The van der Waals surface area contributed by atoms with Crippen molar-refractivity contribution in [2.45, 2.75) is 26.8 Å². The van der Waals surface area contributed by atoms with E-state index in [4.69, 9.17) is 10.8 Å². The fraction of sp³-hybridized carbons (Fsp3) is 0.857. The zero-order valence-corrected chi connectivity index (χ0v) is 7.89. The van der Waals surface area contributed by atoms with Crippen LogP contribution in [0, 0.1) is 11.8 Å². The van der Waals surface area contributed by atoms with Gasteiger partial charge in [-0.3, -0.25) is 4.79 Å². The van der Waals surface area contributed by atoms with Crippen LogP contribution in [0.2, 0.25) is 0 Å². The maximum Gasteiger partial charge on any atom is 0.320 e. The monoisotopic (exact) mass is 181 g/mol. The number of carboxylic acid groups (broad SMARTS) is 1. The van der Waals surface area contributed by atoms with E-state index < -0.39 is 12.0 Å². The first-order valence-corrected chi connectivity index (χ1v) is 3.45. The molecule has 0 aromatic rings. The van der Waals surface area contributed by atoms with Crippen LogP contribution in [0.15, 0.2) is 0 Å². The van der Waals surface area contributed by atoms with Crippen molar-refractivity contribution in [1.82, 2.24) is 0 Å². The standard InChI is InChI=1S/C7H15NO2.ClH/c1-4(2)5(3)6(8)7(9)10;/h4-6H,8H2,1-3H3,(H,9,10);1H. The normalized spacial score (nSPS) is 15.4. The zero-order chi connectivity index (χ0) is 8.31. The number of carbonyl (C=O) groups is 1. The molecule has 0 aliphatic heterocycles. The molecule has 0 heterocycles. The summed E-state index contributed by atoms with van der Waals surface area (Å²) >= 11 is 0. The van der Waals surface area contributed by atoms with Crippen molar-refractivity contribution in [2.75, 3.05) is 0 Å². The molecule has 0 aliphatic rings. The Morgan fingerprint density at radius 2 is 1.73 bits per heavy atom. The number of rotatable bonds is 3. The second kappa shape index (κ2) is 5.38. The summed E-state index contributed by atoms with van der Waals surface area (Å²) < 4.78 is 0. The Bertz CT molecular complexity index is 128. The van der Waals surface area contributed by atoms with Gasteiger partial charge in [-0.05, 0) is 11.8 Å². The van der Waals surface area contributed by atoms with Crippen LogP contribution in [0.25, 0.3) is 0 Å². The predicted molar refractivity (Wildman–Crippen MR) is 46.9 cm³/mol. The summed E-state index contributed by atoms with van der Waals surface area (Å²) in [5, 5.41) is 8.48. The molecular weight excluding hydrogens is 166 g/mol. The zero-order valence-electron chi connectivity index (χ0n) is 7.07. The number of hydrogen-bond donors (Lipinski definition) is 2. The fourth-order valence-corrected chi connectivity index (χ4v) is 0.640. The smallest absolute Gasteiger partial charge is 0.320 e. The summed E-state index contributed by atoms with van der Waals surface area (Å²) in [5.74, 6) is -0.551. The molecule has 0 amide bonds. The fourth-order valence-electron chi connectivity index (χ4n) is 0.640. The Hall–Kier alpha value is -0.280. The second-order valence-corrected chi connectivity index (χ2v) is 2.97. The summed E-state index contributed by atoms with van der Waals surface area (Å²) in [4.78, 5) is 10.3. The van der Waals surface area contributed by atoms with Gasteiger partial charge in [-0.15, -0.1) is 12.4 Å². The van der Waals surface area contributed by atoms with Crippen molar-refractivity contribution in [3.8, 4) is 0 Å². The molecule has 2 atom stereocenters. The van der Waals surface area contributed by atoms with Crippen LogP contribution in [0.1, 0.15) is 20.8 Å². The van der Waals surface area contributed by atoms with Crippen molar-refractivity contribution in [3.63, 3.8) is 0 Å². The Morgan fingerprint density at radius 1 is 1.36 bits per heavy atom. The average Bonchev–Trinajstić information content (AvgIpc) is 1.84. The Kier molecular flexibility index (Phi) is 6.52. The molecule has 0 spiro atoms. The molecule has 68 valence electrons. The van der Waals surface area contributed by atoms with E-state index in [-0.39, 0.29) is 18.3 Å². The minimum absolute atomic E-state index is 0. The summed E-state index contributed by atoms with van der Waals surface area (Å²) in [5.41, 5.74) is 5.36. The lowest BCUT2D eigenvalue weighted by molar-refractivity contribution is -0.140. The van der Waals surface area contributed by atoms with Gasteiger partial charge >= 0.3 is 5.97 Å². The average molecular weight is 182 g/mol. The Morgan fingerprint density at radius 3 is 1.82 bits per heavy atom. The lowest BCUT2D eigenvalue weighted by atomic mass is 9.91. The Balaban J connectivity index is 0. The van der Waals surface area contributed by atoms with E-state index in [9.17, 15) is 4.79 Å². The van der Waals surface area contributed by atoms with Gasteiger partial charge in [0.15, 0.2) is 0 Å². The topological polar surface area (TPSA) is 63.3 Å². The molecule has 3 N–H and O–H groups in total. The second-order valence-electron chi connectivity index (χ2n) is 2.97. The predicted octanol–water partition coefficient (Wildman–Crippen LogP) is 1.11. The summed E-state index contributed by atoms with van der Waals surface area (Å²) in [6.07, 6.45) is 0. The molecule has 11 heavy (non-hydrogen) atoms. The SMILES string of the molecule is CC(C)C(C)C(N)C(=O)O.Cl. The van der Waals surface area contributed by atoms with Crippen molar-refractivity contribution in [3.05, 3.63) is 0 Å². The number of nitrogens with two attached hydrogens (primary N) is 1. The third kappa shape index (κ3) is 4.22. The molecule has 0 radical (unpaired) electrons. The van der Waals surface area contributed by atoms with Crippen LogP contribution in [0.3, 0.4) is 0 Å². The minimum atomic E-state index is -0.916. The molecule has 0 saturated heterocycles. The van der Waals surface area contributed by atoms with Crippen molar-refractivity contribution in [2.24, 2.45) is 17.6 Å². The van der Waals surface area contributed by atoms with E-state index in [1.807, 2.05) is 20.8 Å². The van der Waals surface area contributed by atoms with Crippen LogP contribution < -0.4 is 5.73 Å². The molecule has 0 fully saturated rings. The van der Waals surface area contributed by atoms with Gasteiger partial charge in [0.2, 0.25) is 0 Å². The molecule has 0 rings (SSSR count). The maximum absolute atomic E-state index is 10.3. The van der Waals surface area contributed by atoms with E-state index in [2.05, 4.69) is 0 Å². The number of hydrogen-bond acceptors (Lipinski definition) is 2. The van der Waals surface area contributed by atoms with Gasteiger partial charge in [-0.1, -0.05) is 20.8 Å². The van der Waals surface area contributed by atoms with E-state index >= 15 is 0 Å². The van der Waals surface area contributed by atoms with Crippen LogP contribution in [0.5, 0.6) is 0 Å². The molecule has 3 nitrogen and oxygen atoms in total. The minimum Gasteiger partial charge on any atom is -0.480 e. The summed E-state index contributed by atoms with van der Waals surface area (Å²) in [7, 11) is 0. The largest absolute Gasteiger partial charge is 0.480 e. The van der Waals surface area contributed by atoms with Gasteiger partial charge in [-0.2, -0.15) is 0 Å². The molecular formula is C7H16ClNO2. The quantitative estimate of drug-likeness (QED) is 0.686. The molecule has 0 bridgehead atoms. The van der Waals surface area contributed by atoms with Crippen LogP contribution >= 0.6 is 12.4 Å². The van der Waals surface area contributed by atoms with Crippen LogP contribution in [0.4, 0.5) is 0 Å². The van der Waals surface area contributed by atoms with Gasteiger partial charge in [-0.25, -0.2) is 0 Å². The number of aliphatic carboxylic acids is 1. The maximum atomic E-state index is 10.3. The van der Waals surface area contributed by atoms with Gasteiger partial charge in [0.25, 0.3) is 0 Å². The van der Waals surface area contributed by atoms with Gasteiger partial charge < -0.3 is 10.8 Å². The van der Waals surface area contributed by atoms with E-state index in [0.717, 1.165) is 0 Å². The van der Waals surface area contributed by atoms with Gasteiger partial charge in [0.05, 0.1) is 0 Å². The van der Waals surface area contributed by atoms with Crippen LogP contribution in [-0.2, 0) is 4.79 Å². The number of halogens is 1. The first-order chi connectivity index (χ1) is 4.46. The highest BCUT2D eigenvalue weighted by molar-refractivity contribution is 5.85. The van der Waals surface area contributed by atoms with E-state index in [1.54, 1.807) is 0 Å². The van der Waals surface area contributed by atoms with Crippen molar-refractivity contribution >= 4 is 18.4 Å². The highest BCUT2D eigenvalue weighted by Crippen LogP contribution is 2.12. The van der Waals surface area contributed by atoms with Crippen molar-refractivity contribution < 1.29 is 9.90 Å². The highest BCUT2D eigenvalue weighted by atomic mass is 35.5.